The van der Waals surface area contributed by atoms with Gasteiger partial charge in [-0.2, -0.15) is 0 Å². The van der Waals surface area contributed by atoms with Crippen molar-refractivity contribution in [3.63, 3.8) is 0 Å². The molecule has 0 unspecified atom stereocenters. The lowest BCUT2D eigenvalue weighted by Crippen LogP contribution is -2.19. The number of nitrogens with one attached hydrogen (secondary N) is 1. The number of anilines is 1. The number of H-pyrrole nitrogens is 1. The van der Waals surface area contributed by atoms with Gasteiger partial charge in [-0.3, -0.25) is 4.57 Å². The normalized spacial score (nSPS) is 11.2. The summed E-state index contributed by atoms with van der Waals surface area (Å²) in [5.74, 6) is 0.932. The topological polar surface area (TPSA) is 76.7 Å². The van der Waals surface area contributed by atoms with E-state index in [1.165, 1.54) is 5.56 Å². The summed E-state index contributed by atoms with van der Waals surface area (Å²) in [6.07, 6.45) is 2.04. The molecule has 0 amide bonds. The summed E-state index contributed by atoms with van der Waals surface area (Å²) in [6.45, 7) is 3.96. The largest absolute Gasteiger partial charge is 0.399 e. The fourth-order valence-corrected chi connectivity index (χ4v) is 2.99. The van der Waals surface area contributed by atoms with Crippen LogP contribution in [0.3, 0.4) is 0 Å². The number of hydrogen-bond donors (Lipinski definition) is 2. The third kappa shape index (κ3) is 3.66. The molecule has 0 fully saturated rings. The van der Waals surface area contributed by atoms with Crippen molar-refractivity contribution in [2.45, 2.75) is 37.9 Å². The Morgan fingerprint density at radius 2 is 2.05 bits per heavy atom. The van der Waals surface area contributed by atoms with Crippen LogP contribution in [0.15, 0.2) is 34.2 Å². The number of nitrogen functional groups attached to an aromatic ring is 1. The van der Waals surface area contributed by atoms with Gasteiger partial charge in [-0.25, -0.2) is 9.89 Å². The average molecular weight is 292 g/mol. The van der Waals surface area contributed by atoms with Crippen LogP contribution in [0.1, 0.15) is 31.9 Å². The van der Waals surface area contributed by atoms with Crippen molar-refractivity contribution in [3.8, 4) is 0 Å². The molecule has 0 saturated carbocycles. The Balaban J connectivity index is 1.84. The number of benzene rings is 1. The monoisotopic (exact) mass is 292 g/mol. The van der Waals surface area contributed by atoms with Gasteiger partial charge in [-0.15, -0.1) is 5.10 Å². The van der Waals surface area contributed by atoms with Gasteiger partial charge < -0.3 is 5.73 Å². The number of aryl methyl sites for hydroxylation is 1. The van der Waals surface area contributed by atoms with Gasteiger partial charge in [0.15, 0.2) is 5.16 Å². The van der Waals surface area contributed by atoms with E-state index in [-0.39, 0.29) is 11.7 Å². The van der Waals surface area contributed by atoms with Gasteiger partial charge in [0.05, 0.1) is 0 Å². The molecule has 2 rings (SSSR count). The molecule has 0 spiro atoms. The number of nitrogens with zero attached hydrogens (tertiary/aromatic N) is 2. The van der Waals surface area contributed by atoms with E-state index < -0.39 is 0 Å². The molecule has 108 valence electrons. The van der Waals surface area contributed by atoms with Gasteiger partial charge in [-0.1, -0.05) is 23.9 Å². The van der Waals surface area contributed by atoms with Crippen LogP contribution >= 0.6 is 11.8 Å². The summed E-state index contributed by atoms with van der Waals surface area (Å²) in [6, 6.07) is 8.08. The number of hydrogen-bond acceptors (Lipinski definition) is 4. The first-order valence-electron chi connectivity index (χ1n) is 6.72. The lowest BCUT2D eigenvalue weighted by molar-refractivity contribution is 0.534. The molecule has 20 heavy (non-hydrogen) atoms. The van der Waals surface area contributed by atoms with E-state index in [4.69, 9.17) is 5.73 Å². The predicted molar refractivity (Wildman–Crippen MR) is 83.1 cm³/mol. The summed E-state index contributed by atoms with van der Waals surface area (Å²) >= 11 is 1.61. The molecule has 5 nitrogen and oxygen atoms in total. The molecule has 0 bridgehead atoms. The zero-order valence-corrected chi connectivity index (χ0v) is 12.6. The van der Waals surface area contributed by atoms with Crippen molar-refractivity contribution in [2.75, 3.05) is 11.5 Å². The van der Waals surface area contributed by atoms with Crippen LogP contribution in [0.5, 0.6) is 0 Å². The maximum atomic E-state index is 11.6. The number of aromatic nitrogens is 3. The molecule has 1 aromatic heterocycles. The minimum Gasteiger partial charge on any atom is -0.399 e. The highest BCUT2D eigenvalue weighted by atomic mass is 32.2. The highest BCUT2D eigenvalue weighted by Gasteiger charge is 2.11. The van der Waals surface area contributed by atoms with E-state index in [1.807, 2.05) is 26.0 Å². The van der Waals surface area contributed by atoms with Crippen LogP contribution in [0.25, 0.3) is 0 Å². The van der Waals surface area contributed by atoms with Crippen LogP contribution in [0.4, 0.5) is 5.69 Å². The van der Waals surface area contributed by atoms with E-state index in [0.29, 0.717) is 0 Å². The van der Waals surface area contributed by atoms with Crippen LogP contribution in [-0.4, -0.2) is 20.5 Å². The van der Waals surface area contributed by atoms with Crippen molar-refractivity contribution >= 4 is 17.4 Å². The van der Waals surface area contributed by atoms with Crippen molar-refractivity contribution in [2.24, 2.45) is 0 Å². The molecule has 1 aromatic carbocycles. The van der Waals surface area contributed by atoms with E-state index in [1.54, 1.807) is 16.3 Å². The Morgan fingerprint density at radius 1 is 1.35 bits per heavy atom. The van der Waals surface area contributed by atoms with Gasteiger partial charge in [-0.05, 0) is 44.4 Å². The molecule has 0 aliphatic rings. The van der Waals surface area contributed by atoms with Crippen LogP contribution in [0, 0.1) is 0 Å². The average Bonchev–Trinajstić information content (AvgIpc) is 2.78. The molecule has 0 aliphatic heterocycles. The summed E-state index contributed by atoms with van der Waals surface area (Å²) in [5.41, 5.74) is 7.59. The molecule has 6 heteroatoms. The fraction of sp³-hybridized carbons (Fsp3) is 0.429. The van der Waals surface area contributed by atoms with Gasteiger partial charge >= 0.3 is 5.69 Å². The molecule has 0 saturated heterocycles. The highest BCUT2D eigenvalue weighted by molar-refractivity contribution is 7.99. The first kappa shape index (κ1) is 14.7. The third-order valence-electron chi connectivity index (χ3n) is 3.01. The van der Waals surface area contributed by atoms with E-state index >= 15 is 0 Å². The van der Waals surface area contributed by atoms with Crippen LogP contribution < -0.4 is 11.4 Å². The van der Waals surface area contributed by atoms with E-state index in [2.05, 4.69) is 22.3 Å². The molecule has 0 atom stereocenters. The minimum absolute atomic E-state index is 0.126. The first-order valence-corrected chi connectivity index (χ1v) is 7.70. The number of nitrogens with two attached hydrogens (primary N) is 1. The molecule has 2 aromatic rings. The van der Waals surface area contributed by atoms with E-state index in [9.17, 15) is 4.79 Å². The Bertz CT molecular complexity index is 600. The Kier molecular flexibility index (Phi) is 4.89. The Morgan fingerprint density at radius 3 is 2.70 bits per heavy atom. The second-order valence-electron chi connectivity index (χ2n) is 4.97. The summed E-state index contributed by atoms with van der Waals surface area (Å²) in [7, 11) is 0. The smallest absolute Gasteiger partial charge is 0.344 e. The van der Waals surface area contributed by atoms with Crippen molar-refractivity contribution in [1.82, 2.24) is 14.8 Å². The second-order valence-corrected chi connectivity index (χ2v) is 6.03. The standard InChI is InChI=1S/C14H20N4OS/c1-10(2)18-13(19)16-17-14(18)20-9-3-4-11-5-7-12(15)8-6-11/h5-8,10H,3-4,9,15H2,1-2H3,(H,16,19). The van der Waals surface area contributed by atoms with Gasteiger partial charge in [0.25, 0.3) is 0 Å². The van der Waals surface area contributed by atoms with Gasteiger partial charge in [0, 0.05) is 17.5 Å². The Labute approximate surface area is 122 Å². The molecular weight excluding hydrogens is 272 g/mol. The molecule has 1 heterocycles. The highest BCUT2D eigenvalue weighted by Crippen LogP contribution is 2.18. The maximum absolute atomic E-state index is 11.6. The first-order chi connectivity index (χ1) is 9.58. The van der Waals surface area contributed by atoms with Crippen molar-refractivity contribution in [1.29, 1.82) is 0 Å². The molecule has 0 aliphatic carbocycles. The van der Waals surface area contributed by atoms with Crippen molar-refractivity contribution in [3.05, 3.63) is 40.3 Å². The fourth-order valence-electron chi connectivity index (χ4n) is 1.97. The SMILES string of the molecule is CC(C)n1c(SCCCc2ccc(N)cc2)n[nH]c1=O. The van der Waals surface area contributed by atoms with Gasteiger partial charge in [0.2, 0.25) is 0 Å². The Hall–Kier alpha value is -1.69. The molecular formula is C14H20N4OS. The quantitative estimate of drug-likeness (QED) is 0.487. The zero-order valence-electron chi connectivity index (χ0n) is 11.8. The predicted octanol–water partition coefficient (Wildman–Crippen LogP) is 2.46. The third-order valence-corrected chi connectivity index (χ3v) is 4.05. The summed E-state index contributed by atoms with van der Waals surface area (Å²) in [4.78, 5) is 11.6. The van der Waals surface area contributed by atoms with Crippen LogP contribution in [-0.2, 0) is 6.42 Å². The minimum atomic E-state index is -0.138. The number of aromatic amines is 1. The second kappa shape index (κ2) is 6.65. The van der Waals surface area contributed by atoms with E-state index in [0.717, 1.165) is 29.4 Å². The zero-order chi connectivity index (χ0) is 14.5. The van der Waals surface area contributed by atoms with Crippen LogP contribution in [0.2, 0.25) is 0 Å². The number of thioether (sulfide) groups is 1. The number of rotatable bonds is 6. The summed E-state index contributed by atoms with van der Waals surface area (Å²) < 4.78 is 1.69. The molecule has 3 N–H and O–H groups in total. The van der Waals surface area contributed by atoms with Crippen molar-refractivity contribution < 1.29 is 0 Å². The van der Waals surface area contributed by atoms with Gasteiger partial charge in [0.1, 0.15) is 0 Å². The lowest BCUT2D eigenvalue weighted by atomic mass is 10.1. The summed E-state index contributed by atoms with van der Waals surface area (Å²) in [5, 5.41) is 7.34. The lowest BCUT2D eigenvalue weighted by Gasteiger charge is -2.08. The maximum Gasteiger partial charge on any atom is 0.344 e. The molecule has 0 radical (unpaired) electrons.